The van der Waals surface area contributed by atoms with Crippen molar-refractivity contribution in [2.45, 2.75) is 25.7 Å². The number of hydrogen-bond acceptors (Lipinski definition) is 3. The first-order chi connectivity index (χ1) is 10.1. The minimum Gasteiger partial charge on any atom is -0.308 e. The van der Waals surface area contributed by atoms with Gasteiger partial charge in [-0.2, -0.15) is 0 Å². The molecular formula is C14H13Cl2N3OS. The number of benzene rings is 1. The Balaban J connectivity index is 1.66. The Morgan fingerprint density at radius 3 is 2.71 bits per heavy atom. The average molecular weight is 342 g/mol. The van der Waals surface area contributed by atoms with Gasteiger partial charge in [-0.1, -0.05) is 23.2 Å². The van der Waals surface area contributed by atoms with Crippen LogP contribution in [0, 0.1) is 0 Å². The second kappa shape index (κ2) is 6.22. The zero-order chi connectivity index (χ0) is 14.8. The van der Waals surface area contributed by atoms with E-state index in [0.717, 1.165) is 18.5 Å². The number of nitrogens with one attached hydrogen (secondary N) is 2. The van der Waals surface area contributed by atoms with Crippen molar-refractivity contribution in [1.29, 1.82) is 0 Å². The molecule has 0 radical (unpaired) electrons. The number of carbonyl (C=O) groups excluding carboxylic acids is 1. The highest BCUT2D eigenvalue weighted by atomic mass is 35.5. The van der Waals surface area contributed by atoms with Gasteiger partial charge in [-0.05, 0) is 43.9 Å². The van der Waals surface area contributed by atoms with E-state index in [2.05, 4.69) is 15.6 Å². The van der Waals surface area contributed by atoms with Crippen LogP contribution in [0.15, 0.2) is 18.2 Å². The summed E-state index contributed by atoms with van der Waals surface area (Å²) in [5.41, 5.74) is 1.71. The van der Waals surface area contributed by atoms with Gasteiger partial charge >= 0.3 is 6.03 Å². The summed E-state index contributed by atoms with van der Waals surface area (Å²) < 4.78 is 0. The van der Waals surface area contributed by atoms with Crippen LogP contribution in [-0.4, -0.2) is 11.0 Å². The summed E-state index contributed by atoms with van der Waals surface area (Å²) >= 11 is 13.3. The zero-order valence-corrected chi connectivity index (χ0v) is 13.4. The van der Waals surface area contributed by atoms with Gasteiger partial charge in [0.1, 0.15) is 0 Å². The molecule has 1 heterocycles. The number of nitrogens with zero attached hydrogens (tertiary/aromatic N) is 1. The molecule has 0 fully saturated rings. The van der Waals surface area contributed by atoms with Crippen LogP contribution in [0.2, 0.25) is 10.0 Å². The van der Waals surface area contributed by atoms with E-state index >= 15 is 0 Å². The summed E-state index contributed by atoms with van der Waals surface area (Å²) in [4.78, 5) is 17.7. The van der Waals surface area contributed by atoms with Crippen molar-refractivity contribution < 1.29 is 4.79 Å². The number of rotatable bonds is 2. The second-order valence-corrected chi connectivity index (χ2v) is 6.70. The van der Waals surface area contributed by atoms with Crippen LogP contribution in [0.4, 0.5) is 15.6 Å². The maximum absolute atomic E-state index is 12.0. The van der Waals surface area contributed by atoms with E-state index in [0.29, 0.717) is 20.9 Å². The predicted octanol–water partition coefficient (Wildman–Crippen LogP) is 4.97. The van der Waals surface area contributed by atoms with Gasteiger partial charge in [-0.3, -0.25) is 5.32 Å². The van der Waals surface area contributed by atoms with Gasteiger partial charge in [0.2, 0.25) is 0 Å². The summed E-state index contributed by atoms with van der Waals surface area (Å²) in [5, 5.41) is 6.97. The molecule has 1 aromatic heterocycles. The number of aryl methyl sites for hydroxylation is 2. The monoisotopic (exact) mass is 341 g/mol. The van der Waals surface area contributed by atoms with E-state index < -0.39 is 0 Å². The molecule has 1 aliphatic rings. The molecule has 3 rings (SSSR count). The summed E-state index contributed by atoms with van der Waals surface area (Å²) in [5.74, 6) is 0. The van der Waals surface area contributed by atoms with Crippen molar-refractivity contribution in [3.05, 3.63) is 38.8 Å². The molecule has 1 aromatic carbocycles. The van der Waals surface area contributed by atoms with E-state index in [-0.39, 0.29) is 6.03 Å². The van der Waals surface area contributed by atoms with Gasteiger partial charge in [0.15, 0.2) is 5.13 Å². The molecular weight excluding hydrogens is 329 g/mol. The maximum atomic E-state index is 12.0. The van der Waals surface area contributed by atoms with E-state index in [1.54, 1.807) is 29.5 Å². The van der Waals surface area contributed by atoms with Crippen molar-refractivity contribution in [3.8, 4) is 0 Å². The smallest absolute Gasteiger partial charge is 0.308 e. The van der Waals surface area contributed by atoms with Crippen LogP contribution in [0.1, 0.15) is 23.4 Å². The van der Waals surface area contributed by atoms with Crippen LogP contribution in [0.5, 0.6) is 0 Å². The Bertz CT molecular complexity index is 663. The fraction of sp³-hybridized carbons (Fsp3) is 0.286. The van der Waals surface area contributed by atoms with E-state index in [1.807, 2.05) is 0 Å². The molecule has 2 aromatic rings. The van der Waals surface area contributed by atoms with Gasteiger partial charge < -0.3 is 5.32 Å². The first kappa shape index (κ1) is 14.6. The van der Waals surface area contributed by atoms with Crippen molar-refractivity contribution in [1.82, 2.24) is 4.98 Å². The molecule has 4 nitrogen and oxygen atoms in total. The molecule has 0 bridgehead atoms. The number of carbonyl (C=O) groups is 1. The molecule has 2 N–H and O–H groups in total. The Morgan fingerprint density at radius 2 is 1.95 bits per heavy atom. The number of thiazole rings is 1. The minimum absolute atomic E-state index is 0.334. The SMILES string of the molecule is O=C(Nc1ccc(Cl)c(Cl)c1)Nc1nc2c(s1)CCCC2. The summed E-state index contributed by atoms with van der Waals surface area (Å²) in [7, 11) is 0. The van der Waals surface area contributed by atoms with Crippen LogP contribution in [0.3, 0.4) is 0 Å². The van der Waals surface area contributed by atoms with Gasteiger partial charge in [0.25, 0.3) is 0 Å². The lowest BCUT2D eigenvalue weighted by Crippen LogP contribution is -2.19. The Kier molecular flexibility index (Phi) is 4.33. The third kappa shape index (κ3) is 3.48. The number of fused-ring (bicyclic) bond motifs is 1. The van der Waals surface area contributed by atoms with E-state index in [9.17, 15) is 4.79 Å². The standard InChI is InChI=1S/C14H13Cl2N3OS/c15-9-6-5-8(7-10(9)16)17-13(20)19-14-18-11-3-1-2-4-12(11)21-14/h5-7H,1-4H2,(H2,17,18,19,20). The number of anilines is 2. The third-order valence-electron chi connectivity index (χ3n) is 3.24. The van der Waals surface area contributed by atoms with Crippen molar-refractivity contribution >= 4 is 51.4 Å². The fourth-order valence-corrected chi connectivity index (χ4v) is 3.58. The average Bonchev–Trinajstić information content (AvgIpc) is 2.84. The Morgan fingerprint density at radius 1 is 1.14 bits per heavy atom. The number of aromatic nitrogens is 1. The van der Waals surface area contributed by atoms with Crippen LogP contribution < -0.4 is 10.6 Å². The predicted molar refractivity (Wildman–Crippen MR) is 87.9 cm³/mol. The van der Waals surface area contributed by atoms with Gasteiger partial charge in [-0.25, -0.2) is 9.78 Å². The number of urea groups is 1. The topological polar surface area (TPSA) is 54.0 Å². The zero-order valence-electron chi connectivity index (χ0n) is 11.1. The Hall–Kier alpha value is -1.30. The number of amides is 2. The quantitative estimate of drug-likeness (QED) is 0.809. The largest absolute Gasteiger partial charge is 0.325 e. The van der Waals surface area contributed by atoms with E-state index in [1.165, 1.54) is 17.7 Å². The molecule has 2 amide bonds. The normalized spacial score (nSPS) is 13.6. The lowest BCUT2D eigenvalue weighted by molar-refractivity contribution is 0.262. The molecule has 0 atom stereocenters. The van der Waals surface area contributed by atoms with Gasteiger partial charge in [-0.15, -0.1) is 11.3 Å². The number of hydrogen-bond donors (Lipinski definition) is 2. The van der Waals surface area contributed by atoms with Crippen molar-refractivity contribution in [3.63, 3.8) is 0 Å². The summed E-state index contributed by atoms with van der Waals surface area (Å²) in [6.45, 7) is 0. The Labute approximate surface area is 136 Å². The third-order valence-corrected chi connectivity index (χ3v) is 5.06. The van der Waals surface area contributed by atoms with E-state index in [4.69, 9.17) is 23.2 Å². The van der Waals surface area contributed by atoms with Crippen LogP contribution >= 0.6 is 34.5 Å². The second-order valence-electron chi connectivity index (χ2n) is 4.80. The van der Waals surface area contributed by atoms with Crippen LogP contribution in [-0.2, 0) is 12.8 Å². The summed E-state index contributed by atoms with van der Waals surface area (Å²) in [6.07, 6.45) is 4.43. The van der Waals surface area contributed by atoms with Gasteiger partial charge in [0.05, 0.1) is 15.7 Å². The molecule has 0 spiro atoms. The van der Waals surface area contributed by atoms with Crippen LogP contribution in [0.25, 0.3) is 0 Å². The molecule has 0 aliphatic heterocycles. The lowest BCUT2D eigenvalue weighted by Gasteiger charge is -2.06. The molecule has 0 unspecified atom stereocenters. The molecule has 1 aliphatic carbocycles. The van der Waals surface area contributed by atoms with Crippen molar-refractivity contribution in [2.75, 3.05) is 10.6 Å². The fourth-order valence-electron chi connectivity index (χ4n) is 2.24. The molecule has 21 heavy (non-hydrogen) atoms. The highest BCUT2D eigenvalue weighted by Gasteiger charge is 2.16. The summed E-state index contributed by atoms with van der Waals surface area (Å²) in [6, 6.07) is 4.61. The lowest BCUT2D eigenvalue weighted by atomic mass is 10.0. The maximum Gasteiger partial charge on any atom is 0.325 e. The molecule has 7 heteroatoms. The molecule has 110 valence electrons. The highest BCUT2D eigenvalue weighted by Crippen LogP contribution is 2.30. The molecule has 0 saturated carbocycles. The first-order valence-corrected chi connectivity index (χ1v) is 8.21. The highest BCUT2D eigenvalue weighted by molar-refractivity contribution is 7.15. The molecule has 0 saturated heterocycles. The number of halogens is 2. The van der Waals surface area contributed by atoms with Crippen molar-refractivity contribution in [2.24, 2.45) is 0 Å². The minimum atomic E-state index is -0.334. The first-order valence-electron chi connectivity index (χ1n) is 6.63. The van der Waals surface area contributed by atoms with Gasteiger partial charge in [0, 0.05) is 10.6 Å².